The molecule has 2 aliphatic carbocycles. The van der Waals surface area contributed by atoms with Gasteiger partial charge in [0, 0.05) is 43.0 Å². The molecule has 0 aromatic carbocycles. The Morgan fingerprint density at radius 2 is 1.96 bits per heavy atom. The van der Waals surface area contributed by atoms with E-state index in [2.05, 4.69) is 15.2 Å². The molecular formula is C21H28N4O2S. The maximum absolute atomic E-state index is 13.0. The fraction of sp³-hybridized carbons (Fsp3) is 0.667. The Morgan fingerprint density at radius 1 is 1.18 bits per heavy atom. The maximum atomic E-state index is 13.0. The highest BCUT2D eigenvalue weighted by molar-refractivity contribution is 7.18. The largest absolute Gasteiger partial charge is 0.353 e. The Labute approximate surface area is 168 Å². The molecule has 1 saturated heterocycles. The lowest BCUT2D eigenvalue weighted by Gasteiger charge is -2.32. The second-order valence-corrected chi connectivity index (χ2v) is 9.58. The summed E-state index contributed by atoms with van der Waals surface area (Å²) >= 11 is 1.67. The van der Waals surface area contributed by atoms with Crippen molar-refractivity contribution < 1.29 is 4.79 Å². The maximum Gasteiger partial charge on any atom is 0.262 e. The summed E-state index contributed by atoms with van der Waals surface area (Å²) in [5, 5.41) is 3.97. The first-order valence-corrected chi connectivity index (χ1v) is 11.5. The summed E-state index contributed by atoms with van der Waals surface area (Å²) in [6.07, 6.45) is 11.1. The molecule has 150 valence electrons. The third-order valence-electron chi connectivity index (χ3n) is 6.48. The second-order valence-electron chi connectivity index (χ2n) is 8.49. The van der Waals surface area contributed by atoms with Gasteiger partial charge in [-0.25, -0.2) is 4.98 Å². The summed E-state index contributed by atoms with van der Waals surface area (Å²) < 4.78 is 1.62. The Morgan fingerprint density at radius 3 is 2.75 bits per heavy atom. The average Bonchev–Trinajstić information content (AvgIpc) is 3.48. The number of nitrogens with zero attached hydrogens (tertiary/aromatic N) is 3. The minimum Gasteiger partial charge on any atom is -0.353 e. The number of carbonyl (C=O) groups is 1. The first-order valence-electron chi connectivity index (χ1n) is 10.7. The fourth-order valence-electron chi connectivity index (χ4n) is 4.71. The van der Waals surface area contributed by atoms with Gasteiger partial charge < -0.3 is 10.2 Å². The molecule has 1 saturated carbocycles. The number of nitrogens with one attached hydrogen (secondary N) is 1. The third kappa shape index (κ3) is 3.62. The van der Waals surface area contributed by atoms with E-state index in [-0.39, 0.29) is 17.5 Å². The van der Waals surface area contributed by atoms with Crippen molar-refractivity contribution in [1.29, 1.82) is 0 Å². The topological polar surface area (TPSA) is 67.2 Å². The van der Waals surface area contributed by atoms with Gasteiger partial charge in [-0.1, -0.05) is 0 Å². The van der Waals surface area contributed by atoms with Crippen molar-refractivity contribution in [3.05, 3.63) is 27.1 Å². The van der Waals surface area contributed by atoms with Crippen molar-refractivity contribution in [2.45, 2.75) is 76.4 Å². The number of amides is 1. The molecule has 0 unspecified atom stereocenters. The number of rotatable bonds is 5. The zero-order chi connectivity index (χ0) is 19.1. The first-order chi connectivity index (χ1) is 13.7. The van der Waals surface area contributed by atoms with E-state index in [0.717, 1.165) is 61.5 Å². The molecule has 3 heterocycles. The van der Waals surface area contributed by atoms with E-state index in [1.807, 2.05) is 0 Å². The van der Waals surface area contributed by atoms with E-state index in [9.17, 15) is 9.59 Å². The Kier molecular flexibility index (Phi) is 4.97. The van der Waals surface area contributed by atoms with Gasteiger partial charge in [0.05, 0.1) is 11.7 Å². The average molecular weight is 401 g/mol. The van der Waals surface area contributed by atoms with E-state index in [0.29, 0.717) is 13.0 Å². The third-order valence-corrected chi connectivity index (χ3v) is 7.68. The van der Waals surface area contributed by atoms with Crippen LogP contribution in [0.1, 0.15) is 55.4 Å². The fourth-order valence-corrected chi connectivity index (χ4v) is 5.93. The summed E-state index contributed by atoms with van der Waals surface area (Å²) in [5.41, 5.74) is 1.24. The van der Waals surface area contributed by atoms with Crippen molar-refractivity contribution in [1.82, 2.24) is 19.8 Å². The second kappa shape index (κ2) is 7.59. The predicted octanol–water partition coefficient (Wildman–Crippen LogP) is 2.47. The molecule has 2 fully saturated rings. The van der Waals surface area contributed by atoms with E-state index in [1.165, 1.54) is 29.7 Å². The number of likely N-dealkylation sites (tertiary alicyclic amines) is 1. The van der Waals surface area contributed by atoms with Crippen LogP contribution in [-0.4, -0.2) is 45.5 Å². The number of hydrogen-bond donors (Lipinski definition) is 1. The zero-order valence-corrected chi connectivity index (χ0v) is 17.1. The molecule has 0 radical (unpaired) electrons. The monoisotopic (exact) mass is 400 g/mol. The molecule has 7 heteroatoms. The number of piperidine rings is 1. The number of aromatic nitrogens is 2. The molecule has 0 spiro atoms. The molecule has 5 rings (SSSR count). The highest BCUT2D eigenvalue weighted by Gasteiger charge is 2.32. The molecule has 3 aliphatic rings. The molecular weight excluding hydrogens is 372 g/mol. The Hall–Kier alpha value is -1.73. The van der Waals surface area contributed by atoms with Crippen LogP contribution >= 0.6 is 11.3 Å². The van der Waals surface area contributed by atoms with Gasteiger partial charge in [-0.2, -0.15) is 0 Å². The quantitative estimate of drug-likeness (QED) is 0.837. The summed E-state index contributed by atoms with van der Waals surface area (Å²) in [7, 11) is 0. The van der Waals surface area contributed by atoms with Crippen molar-refractivity contribution in [2.75, 3.05) is 13.1 Å². The Bertz CT molecular complexity index is 938. The summed E-state index contributed by atoms with van der Waals surface area (Å²) in [6, 6.07) is 1.09. The van der Waals surface area contributed by atoms with Gasteiger partial charge in [0.1, 0.15) is 4.83 Å². The lowest BCUT2D eigenvalue weighted by atomic mass is 9.97. The molecule has 0 bridgehead atoms. The van der Waals surface area contributed by atoms with E-state index < -0.39 is 0 Å². The lowest BCUT2D eigenvalue weighted by molar-refractivity contribution is -0.122. The van der Waals surface area contributed by atoms with Crippen LogP contribution in [0, 0.1) is 0 Å². The van der Waals surface area contributed by atoms with Crippen LogP contribution in [0.15, 0.2) is 11.1 Å². The van der Waals surface area contributed by atoms with Gasteiger partial charge in [0.25, 0.3) is 5.56 Å². The molecule has 1 N–H and O–H groups in total. The number of thiophene rings is 1. The normalized spacial score (nSPS) is 21.0. The van der Waals surface area contributed by atoms with Gasteiger partial charge in [0.2, 0.25) is 5.91 Å². The number of fused-ring (bicyclic) bond motifs is 3. The molecule has 6 nitrogen and oxygen atoms in total. The van der Waals surface area contributed by atoms with Crippen LogP contribution in [0.2, 0.25) is 0 Å². The Balaban J connectivity index is 1.20. The summed E-state index contributed by atoms with van der Waals surface area (Å²) in [6.45, 7) is 2.59. The molecule has 1 aliphatic heterocycles. The SMILES string of the molecule is O=C(CCn1cnc2sc3c(c2c1=O)CCCC3)NC1CCN(C2CC2)CC1. The predicted molar refractivity (Wildman–Crippen MR) is 111 cm³/mol. The van der Waals surface area contributed by atoms with Crippen LogP contribution in [-0.2, 0) is 24.2 Å². The molecule has 2 aromatic heterocycles. The van der Waals surface area contributed by atoms with Gasteiger partial charge in [-0.3, -0.25) is 14.2 Å². The summed E-state index contributed by atoms with van der Waals surface area (Å²) in [5.74, 6) is 0.0456. The molecule has 1 amide bonds. The lowest BCUT2D eigenvalue weighted by Crippen LogP contribution is -2.45. The van der Waals surface area contributed by atoms with Gasteiger partial charge in [-0.05, 0) is 56.9 Å². The van der Waals surface area contributed by atoms with Crippen LogP contribution in [0.5, 0.6) is 0 Å². The van der Waals surface area contributed by atoms with Crippen molar-refractivity contribution in [3.63, 3.8) is 0 Å². The van der Waals surface area contributed by atoms with Gasteiger partial charge in [0.15, 0.2) is 0 Å². The van der Waals surface area contributed by atoms with Crippen LogP contribution in [0.4, 0.5) is 0 Å². The summed E-state index contributed by atoms with van der Waals surface area (Å²) in [4.78, 5) is 34.6. The van der Waals surface area contributed by atoms with Crippen molar-refractivity contribution >= 4 is 27.5 Å². The molecule has 0 atom stereocenters. The van der Waals surface area contributed by atoms with Gasteiger partial charge >= 0.3 is 0 Å². The van der Waals surface area contributed by atoms with Crippen LogP contribution in [0.25, 0.3) is 10.2 Å². The van der Waals surface area contributed by atoms with Gasteiger partial charge in [-0.15, -0.1) is 11.3 Å². The van der Waals surface area contributed by atoms with Crippen molar-refractivity contribution in [2.24, 2.45) is 0 Å². The van der Waals surface area contributed by atoms with E-state index >= 15 is 0 Å². The van der Waals surface area contributed by atoms with Crippen LogP contribution in [0.3, 0.4) is 0 Å². The van der Waals surface area contributed by atoms with Crippen LogP contribution < -0.4 is 10.9 Å². The molecule has 28 heavy (non-hydrogen) atoms. The highest BCUT2D eigenvalue weighted by Crippen LogP contribution is 2.33. The number of hydrogen-bond acceptors (Lipinski definition) is 5. The minimum absolute atomic E-state index is 0.0231. The number of carbonyl (C=O) groups excluding carboxylic acids is 1. The first kappa shape index (κ1) is 18.3. The minimum atomic E-state index is 0.0231. The standard InChI is InChI=1S/C21H28N4O2S/c26-18(23-14-7-10-24(11-8-14)15-5-6-15)9-12-25-13-22-20-19(21(25)27)16-3-1-2-4-17(16)28-20/h13-15H,1-12H2,(H,23,26). The van der Waals surface area contributed by atoms with Crippen molar-refractivity contribution in [3.8, 4) is 0 Å². The van der Waals surface area contributed by atoms with E-state index in [1.54, 1.807) is 22.2 Å². The smallest absolute Gasteiger partial charge is 0.262 e. The zero-order valence-electron chi connectivity index (χ0n) is 16.3. The highest BCUT2D eigenvalue weighted by atomic mass is 32.1. The van der Waals surface area contributed by atoms with E-state index in [4.69, 9.17) is 0 Å². The number of aryl methyl sites for hydroxylation is 3. The molecule has 2 aromatic rings.